The van der Waals surface area contributed by atoms with Crippen LogP contribution in [-0.2, 0) is 14.3 Å². The number of esters is 1. The Morgan fingerprint density at radius 2 is 0.823 bits per heavy atom. The standard InChI is InChI=1S/C56H105NO5/c1-3-5-7-9-11-13-15-17-19-20-21-22-23-24-25-26-27-29-32-36-40-44-48-54(59)53(52-58)57-55(60)49-45-41-37-33-31-35-39-43-47-51-62-56(61)50-46-42-38-34-30-28-18-16-14-12-10-8-6-4-2/h10,12,16,18,44,48,53-54,58-59H,3-9,11,13-15,17,19-43,45-47,49-52H2,1-2H3,(H,57,60)/b12-10-,18-16-,48-44+. The van der Waals surface area contributed by atoms with Gasteiger partial charge in [-0.2, -0.15) is 0 Å². The number of ether oxygens (including phenoxy) is 1. The van der Waals surface area contributed by atoms with E-state index in [1.165, 1.54) is 186 Å². The zero-order valence-corrected chi connectivity index (χ0v) is 41.4. The van der Waals surface area contributed by atoms with Crippen LogP contribution in [-0.4, -0.2) is 47.4 Å². The minimum atomic E-state index is -0.864. The summed E-state index contributed by atoms with van der Waals surface area (Å²) in [6.07, 6.45) is 62.9. The first-order valence-corrected chi connectivity index (χ1v) is 27.3. The third-order valence-electron chi connectivity index (χ3n) is 12.4. The summed E-state index contributed by atoms with van der Waals surface area (Å²) in [7, 11) is 0. The lowest BCUT2D eigenvalue weighted by molar-refractivity contribution is -0.143. The molecule has 0 saturated carbocycles. The van der Waals surface area contributed by atoms with E-state index in [9.17, 15) is 19.8 Å². The fraction of sp³-hybridized carbons (Fsp3) is 0.857. The number of carbonyl (C=O) groups is 2. The Bertz CT molecular complexity index is 1010. The molecular weight excluding hydrogens is 767 g/mol. The fourth-order valence-corrected chi connectivity index (χ4v) is 8.18. The number of nitrogens with one attached hydrogen (secondary N) is 1. The minimum absolute atomic E-state index is 0.0417. The van der Waals surface area contributed by atoms with Crippen molar-refractivity contribution in [2.75, 3.05) is 13.2 Å². The number of rotatable bonds is 50. The summed E-state index contributed by atoms with van der Waals surface area (Å²) < 4.78 is 5.44. The van der Waals surface area contributed by atoms with Crippen molar-refractivity contribution in [1.82, 2.24) is 5.32 Å². The third kappa shape index (κ3) is 47.6. The van der Waals surface area contributed by atoms with E-state index in [1.54, 1.807) is 6.08 Å². The SMILES string of the molecule is CCCC/C=C\C/C=C\CCCCCCCC(=O)OCCCCCCCCCCCC(=O)NC(CO)C(O)/C=C/CCCCCCCCCCCCCCCCCCCCCC. The molecule has 0 fully saturated rings. The Morgan fingerprint density at radius 3 is 1.27 bits per heavy atom. The summed E-state index contributed by atoms with van der Waals surface area (Å²) in [5.41, 5.74) is 0. The normalized spacial score (nSPS) is 12.9. The van der Waals surface area contributed by atoms with Crippen molar-refractivity contribution in [3.63, 3.8) is 0 Å². The fourth-order valence-electron chi connectivity index (χ4n) is 8.18. The molecule has 0 bridgehead atoms. The molecule has 0 spiro atoms. The Kier molecular flexibility index (Phi) is 50.1. The van der Waals surface area contributed by atoms with E-state index in [2.05, 4.69) is 43.5 Å². The second-order valence-corrected chi connectivity index (χ2v) is 18.6. The van der Waals surface area contributed by atoms with Crippen molar-refractivity contribution >= 4 is 11.9 Å². The molecular formula is C56H105NO5. The summed E-state index contributed by atoms with van der Waals surface area (Å²) in [4.78, 5) is 24.5. The molecule has 1 amide bonds. The smallest absolute Gasteiger partial charge is 0.305 e. The maximum Gasteiger partial charge on any atom is 0.305 e. The topological polar surface area (TPSA) is 95.9 Å². The molecule has 0 aliphatic heterocycles. The molecule has 0 aromatic carbocycles. The van der Waals surface area contributed by atoms with Gasteiger partial charge in [-0.05, 0) is 57.8 Å². The van der Waals surface area contributed by atoms with Gasteiger partial charge < -0.3 is 20.3 Å². The van der Waals surface area contributed by atoms with E-state index in [0.29, 0.717) is 19.4 Å². The zero-order chi connectivity index (χ0) is 45.1. The van der Waals surface area contributed by atoms with Crippen LogP contribution in [0.1, 0.15) is 284 Å². The maximum absolute atomic E-state index is 12.5. The predicted octanol–water partition coefficient (Wildman–Crippen LogP) is 16.5. The van der Waals surface area contributed by atoms with Crippen LogP contribution in [0.15, 0.2) is 36.5 Å². The first-order valence-electron chi connectivity index (χ1n) is 27.3. The van der Waals surface area contributed by atoms with E-state index in [-0.39, 0.29) is 18.5 Å². The molecule has 6 nitrogen and oxygen atoms in total. The van der Waals surface area contributed by atoms with Crippen molar-refractivity contribution < 1.29 is 24.5 Å². The lowest BCUT2D eigenvalue weighted by Gasteiger charge is -2.20. The molecule has 0 rings (SSSR count). The minimum Gasteiger partial charge on any atom is -0.466 e. The zero-order valence-electron chi connectivity index (χ0n) is 41.4. The molecule has 3 N–H and O–H groups in total. The Morgan fingerprint density at radius 1 is 0.452 bits per heavy atom. The van der Waals surface area contributed by atoms with Crippen molar-refractivity contribution in [3.8, 4) is 0 Å². The van der Waals surface area contributed by atoms with Crippen LogP contribution in [0, 0.1) is 0 Å². The van der Waals surface area contributed by atoms with Gasteiger partial charge in [0.15, 0.2) is 0 Å². The van der Waals surface area contributed by atoms with E-state index in [1.807, 2.05) is 6.08 Å². The highest BCUT2D eigenvalue weighted by Crippen LogP contribution is 2.16. The average Bonchev–Trinajstić information content (AvgIpc) is 3.27. The van der Waals surface area contributed by atoms with E-state index in [0.717, 1.165) is 70.6 Å². The van der Waals surface area contributed by atoms with Gasteiger partial charge in [-0.1, -0.05) is 249 Å². The third-order valence-corrected chi connectivity index (χ3v) is 12.4. The Labute approximate surface area is 385 Å². The molecule has 364 valence electrons. The molecule has 0 aromatic heterocycles. The summed E-state index contributed by atoms with van der Waals surface area (Å²) in [5, 5.41) is 23.1. The number of amides is 1. The number of allylic oxidation sites excluding steroid dienone is 5. The van der Waals surface area contributed by atoms with Crippen LogP contribution in [0.3, 0.4) is 0 Å². The van der Waals surface area contributed by atoms with Crippen molar-refractivity contribution in [3.05, 3.63) is 36.5 Å². The molecule has 0 heterocycles. The summed E-state index contributed by atoms with van der Waals surface area (Å²) in [6.45, 7) is 4.80. The van der Waals surface area contributed by atoms with Crippen LogP contribution in [0.25, 0.3) is 0 Å². The quantitative estimate of drug-likeness (QED) is 0.0321. The first-order chi connectivity index (χ1) is 30.5. The summed E-state index contributed by atoms with van der Waals surface area (Å²) in [6, 6.07) is -0.650. The molecule has 0 aliphatic carbocycles. The maximum atomic E-state index is 12.5. The molecule has 2 unspecified atom stereocenters. The molecule has 0 radical (unpaired) electrons. The highest BCUT2D eigenvalue weighted by Gasteiger charge is 2.18. The van der Waals surface area contributed by atoms with E-state index in [4.69, 9.17) is 4.74 Å². The van der Waals surface area contributed by atoms with Gasteiger partial charge in [-0.15, -0.1) is 0 Å². The lowest BCUT2D eigenvalue weighted by Crippen LogP contribution is -2.45. The molecule has 2 atom stereocenters. The number of hydrogen-bond donors (Lipinski definition) is 3. The molecule has 0 aliphatic rings. The number of unbranched alkanes of at least 4 members (excludes halogenated alkanes) is 35. The van der Waals surface area contributed by atoms with E-state index < -0.39 is 12.1 Å². The molecule has 0 saturated heterocycles. The van der Waals surface area contributed by atoms with Gasteiger partial charge in [0.05, 0.1) is 25.4 Å². The van der Waals surface area contributed by atoms with Crippen molar-refractivity contribution in [1.29, 1.82) is 0 Å². The van der Waals surface area contributed by atoms with Crippen LogP contribution >= 0.6 is 0 Å². The van der Waals surface area contributed by atoms with Gasteiger partial charge in [-0.25, -0.2) is 0 Å². The average molecular weight is 872 g/mol. The number of carbonyl (C=O) groups excluding carboxylic acids is 2. The second kappa shape index (κ2) is 51.7. The molecule has 0 aromatic rings. The van der Waals surface area contributed by atoms with Gasteiger partial charge in [0, 0.05) is 12.8 Å². The monoisotopic (exact) mass is 872 g/mol. The summed E-state index contributed by atoms with van der Waals surface area (Å²) >= 11 is 0. The van der Waals surface area contributed by atoms with Gasteiger partial charge in [0.1, 0.15) is 0 Å². The second-order valence-electron chi connectivity index (χ2n) is 18.6. The van der Waals surface area contributed by atoms with Gasteiger partial charge in [0.25, 0.3) is 0 Å². The molecule has 6 heteroatoms. The van der Waals surface area contributed by atoms with Gasteiger partial charge >= 0.3 is 5.97 Å². The van der Waals surface area contributed by atoms with Crippen LogP contribution in [0.4, 0.5) is 0 Å². The van der Waals surface area contributed by atoms with Crippen LogP contribution in [0.2, 0.25) is 0 Å². The molecule has 62 heavy (non-hydrogen) atoms. The Hall–Kier alpha value is -1.92. The highest BCUT2D eigenvalue weighted by atomic mass is 16.5. The summed E-state index contributed by atoms with van der Waals surface area (Å²) in [5.74, 6) is -0.137. The van der Waals surface area contributed by atoms with Crippen LogP contribution in [0.5, 0.6) is 0 Å². The first kappa shape index (κ1) is 60.1. The van der Waals surface area contributed by atoms with Gasteiger partial charge in [0.2, 0.25) is 5.91 Å². The predicted molar refractivity (Wildman–Crippen MR) is 269 cm³/mol. The number of aliphatic hydroxyl groups excluding tert-OH is 2. The lowest BCUT2D eigenvalue weighted by atomic mass is 10.0. The largest absolute Gasteiger partial charge is 0.466 e. The highest BCUT2D eigenvalue weighted by molar-refractivity contribution is 5.76. The Balaban J connectivity index is 3.53. The van der Waals surface area contributed by atoms with E-state index >= 15 is 0 Å². The van der Waals surface area contributed by atoms with Crippen molar-refractivity contribution in [2.45, 2.75) is 296 Å². The van der Waals surface area contributed by atoms with Crippen molar-refractivity contribution in [2.24, 2.45) is 0 Å². The van der Waals surface area contributed by atoms with Gasteiger partial charge in [-0.3, -0.25) is 9.59 Å². The number of aliphatic hydroxyl groups is 2. The number of hydrogen-bond acceptors (Lipinski definition) is 5. The van der Waals surface area contributed by atoms with Crippen LogP contribution < -0.4 is 5.32 Å².